The van der Waals surface area contributed by atoms with Crippen LogP contribution >= 0.6 is 11.6 Å². The van der Waals surface area contributed by atoms with Gasteiger partial charge in [0, 0.05) is 47.2 Å². The summed E-state index contributed by atoms with van der Waals surface area (Å²) in [5, 5.41) is 41.1. The fourth-order valence-corrected chi connectivity index (χ4v) is 5.69. The van der Waals surface area contributed by atoms with E-state index in [2.05, 4.69) is 43.7 Å². The number of nitriles is 2. The first-order chi connectivity index (χ1) is 21.3. The lowest BCUT2D eigenvalue weighted by Crippen LogP contribution is -2.45. The second-order valence-electron chi connectivity index (χ2n) is 10.8. The minimum atomic E-state index is -1.88. The number of rotatable bonds is 10. The Bertz CT molecular complexity index is 1830. The van der Waals surface area contributed by atoms with Gasteiger partial charge in [-0.2, -0.15) is 14.9 Å². The number of anilines is 2. The first-order valence-electron chi connectivity index (χ1n) is 14.2. The summed E-state index contributed by atoms with van der Waals surface area (Å²) in [4.78, 5) is 8.41. The number of benzene rings is 2. The second kappa shape index (κ2) is 12.0. The first kappa shape index (κ1) is 29.1. The van der Waals surface area contributed by atoms with Crippen molar-refractivity contribution < 1.29 is 9.50 Å². The van der Waals surface area contributed by atoms with E-state index in [0.717, 1.165) is 18.4 Å². The van der Waals surface area contributed by atoms with Crippen LogP contribution in [0.4, 0.5) is 15.8 Å². The number of aliphatic hydroxyl groups is 1. The molecule has 1 fully saturated rings. The molecule has 5 N–H and O–H groups in total. The highest BCUT2D eigenvalue weighted by molar-refractivity contribution is 6.35. The molecule has 6 rings (SSSR count). The van der Waals surface area contributed by atoms with Crippen LogP contribution in [0, 0.1) is 35.5 Å². The molecule has 3 heterocycles. The van der Waals surface area contributed by atoms with E-state index >= 15 is 0 Å². The van der Waals surface area contributed by atoms with Crippen LogP contribution in [0.15, 0.2) is 72.7 Å². The third kappa shape index (κ3) is 5.69. The fourth-order valence-electron chi connectivity index (χ4n) is 5.43. The predicted molar refractivity (Wildman–Crippen MR) is 165 cm³/mol. The number of pyridine rings is 2. The average Bonchev–Trinajstić information content (AvgIpc) is 3.74. The molecule has 1 aliphatic carbocycles. The number of aromatic nitrogens is 2. The highest BCUT2D eigenvalue weighted by Crippen LogP contribution is 2.40. The van der Waals surface area contributed by atoms with Crippen LogP contribution in [0.2, 0.25) is 5.02 Å². The highest BCUT2D eigenvalue weighted by atomic mass is 35.5. The molecule has 0 amide bonds. The predicted octanol–water partition coefficient (Wildman–Crippen LogP) is 5.65. The summed E-state index contributed by atoms with van der Waals surface area (Å²) < 4.78 is 14.0. The molecule has 44 heavy (non-hydrogen) atoms. The molecular weight excluding hydrogens is 581 g/mol. The molecule has 0 saturated heterocycles. The van der Waals surface area contributed by atoms with Crippen LogP contribution in [0.25, 0.3) is 10.9 Å². The molecule has 2 aliphatic rings. The molecule has 1 saturated carbocycles. The molecule has 4 aromatic rings. The minimum Gasteiger partial charge on any atom is -0.377 e. The van der Waals surface area contributed by atoms with Crippen molar-refractivity contribution in [1.82, 2.24) is 25.9 Å². The van der Waals surface area contributed by atoms with Gasteiger partial charge in [0.15, 0.2) is 0 Å². The van der Waals surface area contributed by atoms with Crippen molar-refractivity contribution in [3.05, 3.63) is 106 Å². The van der Waals surface area contributed by atoms with Gasteiger partial charge in [0.1, 0.15) is 11.8 Å². The van der Waals surface area contributed by atoms with E-state index in [4.69, 9.17) is 11.6 Å². The molecular formula is C32H29ClFN9O. The largest absolute Gasteiger partial charge is 0.377 e. The van der Waals surface area contributed by atoms with Crippen LogP contribution in [-0.2, 0) is 5.72 Å². The molecule has 0 unspecified atom stereocenters. The quantitative estimate of drug-likeness (QED) is 0.113. The van der Waals surface area contributed by atoms with Crippen molar-refractivity contribution in [2.45, 2.75) is 50.4 Å². The van der Waals surface area contributed by atoms with Gasteiger partial charge in [-0.05, 0) is 56.0 Å². The maximum absolute atomic E-state index is 14.0. The summed E-state index contributed by atoms with van der Waals surface area (Å²) in [5.74, 6) is -0.663. The second-order valence-corrected chi connectivity index (χ2v) is 11.2. The summed E-state index contributed by atoms with van der Waals surface area (Å²) in [6, 6.07) is 20.2. The lowest BCUT2D eigenvalue weighted by molar-refractivity contribution is 0.0973. The molecule has 0 spiro atoms. The van der Waals surface area contributed by atoms with Gasteiger partial charge in [-0.3, -0.25) is 9.99 Å². The topological polar surface area (TPSA) is 145 Å². The minimum absolute atomic E-state index is 0.277. The third-order valence-electron chi connectivity index (χ3n) is 7.80. The molecule has 2 aromatic carbocycles. The van der Waals surface area contributed by atoms with Crippen molar-refractivity contribution in [1.29, 1.82) is 10.5 Å². The molecule has 222 valence electrons. The molecule has 2 aromatic heterocycles. The van der Waals surface area contributed by atoms with Crippen molar-refractivity contribution in [3.63, 3.8) is 0 Å². The Kier molecular flexibility index (Phi) is 7.93. The van der Waals surface area contributed by atoms with Gasteiger partial charge in [0.05, 0.1) is 33.9 Å². The maximum atomic E-state index is 14.0. The zero-order valence-corrected chi connectivity index (χ0v) is 24.5. The third-order valence-corrected chi connectivity index (χ3v) is 8.08. The first-order valence-corrected chi connectivity index (χ1v) is 14.6. The summed E-state index contributed by atoms with van der Waals surface area (Å²) in [6.45, 7) is 1.62. The van der Waals surface area contributed by atoms with Gasteiger partial charge in [-0.1, -0.05) is 41.9 Å². The number of halogens is 2. The van der Waals surface area contributed by atoms with Crippen molar-refractivity contribution in [2.24, 2.45) is 0 Å². The number of hydrogen-bond donors (Lipinski definition) is 5. The Balaban J connectivity index is 1.46. The molecule has 10 nitrogen and oxygen atoms in total. The van der Waals surface area contributed by atoms with E-state index in [0.29, 0.717) is 63.7 Å². The Hall–Kier alpha value is -4.94. The standard InChI is InChI=1S/C32H29ClFN9O/c1-19-25(11-12-29(34)38-19)32(44,28-18-43(42-41-28)23-9-10-23)40-22-14-24-30(21(16-36)17-37-31(24)26(33)15-22)39-27(8-5-13-35)20-6-3-2-4-7-20/h2-4,6-7,11-12,14-15,17-18,23,27,40-42,44H,5,8-10H2,1H3,(H,37,39)/t27-,32-/m1/s1. The van der Waals surface area contributed by atoms with E-state index in [9.17, 15) is 20.0 Å². The van der Waals surface area contributed by atoms with E-state index in [1.165, 1.54) is 18.3 Å². The van der Waals surface area contributed by atoms with Crippen LogP contribution in [0.1, 0.15) is 54.1 Å². The Labute approximate surface area is 258 Å². The van der Waals surface area contributed by atoms with Crippen molar-refractivity contribution in [2.75, 3.05) is 10.6 Å². The lowest BCUT2D eigenvalue weighted by atomic mass is 9.97. The summed E-state index contributed by atoms with van der Waals surface area (Å²) in [6.07, 6.45) is 6.08. The zero-order valence-electron chi connectivity index (χ0n) is 23.8. The maximum Gasteiger partial charge on any atom is 0.213 e. The van der Waals surface area contributed by atoms with Gasteiger partial charge in [0.25, 0.3) is 0 Å². The van der Waals surface area contributed by atoms with Crippen LogP contribution in [0.3, 0.4) is 0 Å². The molecule has 2 atom stereocenters. The number of nitrogens with zero attached hydrogens (tertiary/aromatic N) is 5. The number of fused-ring (bicyclic) bond motifs is 1. The summed E-state index contributed by atoms with van der Waals surface area (Å²) in [5.41, 5.74) is 7.84. The SMILES string of the molecule is Cc1nc(F)ccc1[C@](O)(Nc1cc(Cl)c2ncc(C#N)c(N[C@H](CCC#N)c3ccccc3)c2c1)C1=CN(C2CC2)NN1. The van der Waals surface area contributed by atoms with Gasteiger partial charge < -0.3 is 21.2 Å². The number of hydrogen-bond acceptors (Lipinski definition) is 10. The number of nitrogens with one attached hydrogen (secondary N) is 4. The summed E-state index contributed by atoms with van der Waals surface area (Å²) >= 11 is 6.78. The average molecular weight is 610 g/mol. The van der Waals surface area contributed by atoms with E-state index in [1.54, 1.807) is 25.3 Å². The summed E-state index contributed by atoms with van der Waals surface area (Å²) in [7, 11) is 0. The highest BCUT2D eigenvalue weighted by Gasteiger charge is 2.41. The monoisotopic (exact) mass is 609 g/mol. The molecule has 0 bridgehead atoms. The Morgan fingerprint density at radius 1 is 1.20 bits per heavy atom. The van der Waals surface area contributed by atoms with E-state index < -0.39 is 11.7 Å². The van der Waals surface area contributed by atoms with Gasteiger partial charge in [-0.15, -0.1) is 5.53 Å². The van der Waals surface area contributed by atoms with Gasteiger partial charge >= 0.3 is 0 Å². The van der Waals surface area contributed by atoms with Crippen molar-refractivity contribution >= 4 is 33.9 Å². The van der Waals surface area contributed by atoms with Crippen molar-refractivity contribution in [3.8, 4) is 12.1 Å². The number of aryl methyl sites for hydroxylation is 1. The molecule has 0 radical (unpaired) electrons. The normalized spacial score (nSPS) is 16.3. The molecule has 1 aliphatic heterocycles. The Morgan fingerprint density at radius 2 is 2.00 bits per heavy atom. The van der Waals surface area contributed by atoms with Gasteiger partial charge in [-0.25, -0.2) is 4.98 Å². The van der Waals surface area contributed by atoms with Crippen LogP contribution in [0.5, 0.6) is 0 Å². The van der Waals surface area contributed by atoms with Gasteiger partial charge in [0.2, 0.25) is 11.7 Å². The lowest BCUT2D eigenvalue weighted by Gasteiger charge is -2.32. The zero-order chi connectivity index (χ0) is 30.8. The van der Waals surface area contributed by atoms with Crippen LogP contribution < -0.4 is 21.6 Å². The smallest absolute Gasteiger partial charge is 0.213 e. The van der Waals surface area contributed by atoms with Crippen LogP contribution in [-0.4, -0.2) is 26.1 Å². The number of hydrazine groups is 2. The Morgan fingerprint density at radius 3 is 2.70 bits per heavy atom. The molecule has 12 heteroatoms. The fraction of sp³-hybridized carbons (Fsp3) is 0.250. The van der Waals surface area contributed by atoms with E-state index in [-0.39, 0.29) is 11.1 Å². The van der Waals surface area contributed by atoms with E-state index in [1.807, 2.05) is 35.3 Å².